The van der Waals surface area contributed by atoms with Crippen molar-refractivity contribution in [3.63, 3.8) is 0 Å². The van der Waals surface area contributed by atoms with Crippen LogP contribution < -0.4 is 15.1 Å². The van der Waals surface area contributed by atoms with E-state index in [0.717, 1.165) is 31.4 Å². The second-order valence-electron chi connectivity index (χ2n) is 8.92. The Morgan fingerprint density at radius 3 is 2.43 bits per heavy atom. The van der Waals surface area contributed by atoms with Crippen LogP contribution in [0.15, 0.2) is 82.0 Å². The third kappa shape index (κ3) is 4.59. The summed E-state index contributed by atoms with van der Waals surface area (Å²) in [7, 11) is 0. The first kappa shape index (κ1) is 24.6. The molecule has 0 saturated heterocycles. The average molecular weight is 508 g/mol. The van der Waals surface area contributed by atoms with Gasteiger partial charge in [-0.3, -0.25) is 14.5 Å². The van der Waals surface area contributed by atoms with Crippen LogP contribution in [-0.4, -0.2) is 12.5 Å². The number of alkyl halides is 3. The smallest absolute Gasteiger partial charge is 0.416 e. The van der Waals surface area contributed by atoms with Gasteiger partial charge in [0, 0.05) is 5.69 Å². The van der Waals surface area contributed by atoms with Crippen molar-refractivity contribution >= 4 is 22.6 Å². The van der Waals surface area contributed by atoms with Crippen molar-refractivity contribution in [3.05, 3.63) is 105 Å². The normalized spacial score (nSPS) is 15.3. The summed E-state index contributed by atoms with van der Waals surface area (Å²) in [5.74, 6) is -0.228. The molecule has 0 radical (unpaired) electrons. The molecule has 0 N–H and O–H groups in total. The van der Waals surface area contributed by atoms with Crippen LogP contribution in [0.2, 0.25) is 0 Å². The minimum absolute atomic E-state index is 0.0135. The summed E-state index contributed by atoms with van der Waals surface area (Å²) in [6.07, 6.45) is -1.56. The van der Waals surface area contributed by atoms with Crippen molar-refractivity contribution in [2.45, 2.75) is 38.4 Å². The monoisotopic (exact) mass is 507 g/mol. The summed E-state index contributed by atoms with van der Waals surface area (Å²) in [5.41, 5.74) is -0.400. The Kier molecular flexibility index (Phi) is 6.50. The van der Waals surface area contributed by atoms with Crippen LogP contribution in [0.1, 0.15) is 59.5 Å². The molecular formula is C29H24F3NO4. The second kappa shape index (κ2) is 9.76. The van der Waals surface area contributed by atoms with Gasteiger partial charge in [-0.25, -0.2) is 0 Å². The Bertz CT molecular complexity index is 1510. The second-order valence-corrected chi connectivity index (χ2v) is 8.92. The van der Waals surface area contributed by atoms with Gasteiger partial charge in [-0.05, 0) is 54.4 Å². The highest BCUT2D eigenvalue weighted by molar-refractivity contribution is 6.10. The van der Waals surface area contributed by atoms with E-state index in [-0.39, 0.29) is 22.6 Å². The molecule has 2 heterocycles. The maximum Gasteiger partial charge on any atom is 0.416 e. The fourth-order valence-electron chi connectivity index (χ4n) is 4.62. The van der Waals surface area contributed by atoms with Gasteiger partial charge in [-0.2, -0.15) is 13.2 Å². The lowest BCUT2D eigenvalue weighted by Gasteiger charge is -2.26. The van der Waals surface area contributed by atoms with E-state index in [9.17, 15) is 22.8 Å². The van der Waals surface area contributed by atoms with E-state index < -0.39 is 29.1 Å². The molecule has 1 aromatic heterocycles. The van der Waals surface area contributed by atoms with E-state index in [2.05, 4.69) is 6.92 Å². The number of rotatable bonds is 7. The van der Waals surface area contributed by atoms with E-state index in [1.54, 1.807) is 48.5 Å². The fourth-order valence-corrected chi connectivity index (χ4v) is 4.62. The molecule has 3 aromatic carbocycles. The van der Waals surface area contributed by atoms with Crippen LogP contribution in [0.25, 0.3) is 11.0 Å². The molecule has 0 bridgehead atoms. The van der Waals surface area contributed by atoms with Gasteiger partial charge >= 0.3 is 6.18 Å². The minimum atomic E-state index is -4.60. The first-order chi connectivity index (χ1) is 17.8. The molecule has 5 nitrogen and oxygen atoms in total. The average Bonchev–Trinajstić information content (AvgIpc) is 3.19. The zero-order valence-electron chi connectivity index (χ0n) is 20.0. The molecule has 5 rings (SSSR count). The van der Waals surface area contributed by atoms with E-state index in [0.29, 0.717) is 23.3 Å². The summed E-state index contributed by atoms with van der Waals surface area (Å²) in [5, 5.41) is 0.292. The molecule has 0 saturated carbocycles. The van der Waals surface area contributed by atoms with E-state index in [1.165, 1.54) is 17.0 Å². The van der Waals surface area contributed by atoms with E-state index in [4.69, 9.17) is 9.15 Å². The highest BCUT2D eigenvalue weighted by Gasteiger charge is 2.44. The third-order valence-corrected chi connectivity index (χ3v) is 6.44. The fraction of sp³-hybridized carbons (Fsp3) is 0.241. The molecule has 37 heavy (non-hydrogen) atoms. The van der Waals surface area contributed by atoms with Crippen molar-refractivity contribution in [2.75, 3.05) is 11.5 Å². The molecule has 190 valence electrons. The molecule has 4 aromatic rings. The van der Waals surface area contributed by atoms with Gasteiger partial charge in [0.15, 0.2) is 5.43 Å². The number of halogens is 3. The molecule has 1 amide bonds. The van der Waals surface area contributed by atoms with Crippen LogP contribution in [0, 0.1) is 0 Å². The highest BCUT2D eigenvalue weighted by atomic mass is 19.4. The number of carbonyl (C=O) groups is 1. The molecule has 8 heteroatoms. The zero-order chi connectivity index (χ0) is 26.2. The molecule has 0 fully saturated rings. The number of amides is 1. The lowest BCUT2D eigenvalue weighted by atomic mass is 9.98. The van der Waals surface area contributed by atoms with Gasteiger partial charge in [0.05, 0.1) is 29.2 Å². The Hall–Kier alpha value is -4.07. The summed E-state index contributed by atoms with van der Waals surface area (Å²) in [6.45, 7) is 2.66. The maximum absolute atomic E-state index is 13.6. The predicted octanol–water partition coefficient (Wildman–Crippen LogP) is 7.13. The topological polar surface area (TPSA) is 59.8 Å². The summed E-state index contributed by atoms with van der Waals surface area (Å²) < 4.78 is 52.1. The molecule has 0 spiro atoms. The number of unbranched alkanes of at least 4 members (excludes halogenated alkanes) is 2. The van der Waals surface area contributed by atoms with Gasteiger partial charge in [0.25, 0.3) is 5.91 Å². The van der Waals surface area contributed by atoms with E-state index >= 15 is 0 Å². The van der Waals surface area contributed by atoms with Gasteiger partial charge in [-0.15, -0.1) is 0 Å². The first-order valence-electron chi connectivity index (χ1n) is 12.1. The number of hydrogen-bond donors (Lipinski definition) is 0. The Labute approximate surface area is 211 Å². The van der Waals surface area contributed by atoms with Crippen LogP contribution in [0.4, 0.5) is 18.9 Å². The molecule has 1 atom stereocenters. The third-order valence-electron chi connectivity index (χ3n) is 6.44. The van der Waals surface area contributed by atoms with Crippen LogP contribution in [0.5, 0.6) is 5.75 Å². The van der Waals surface area contributed by atoms with Crippen LogP contribution in [0.3, 0.4) is 0 Å². The lowest BCUT2D eigenvalue weighted by Crippen LogP contribution is -2.29. The standard InChI is InChI=1S/C29H24F3NO4/c1-2-3-6-16-36-21-14-12-18(13-15-21)25-24-26(34)22-10-4-5-11-23(22)37-27(24)28(35)33(25)20-9-7-8-19(17-20)29(30,31)32/h4-5,7-15,17,25H,2-3,6,16H2,1H3. The quantitative estimate of drug-likeness (QED) is 0.250. The molecule has 0 aliphatic carbocycles. The number of ether oxygens (including phenoxy) is 1. The number of hydrogen-bond acceptors (Lipinski definition) is 4. The highest BCUT2D eigenvalue weighted by Crippen LogP contribution is 2.43. The zero-order valence-corrected chi connectivity index (χ0v) is 20.0. The molecular weight excluding hydrogens is 483 g/mol. The number of anilines is 1. The Balaban J connectivity index is 1.63. The number of benzene rings is 3. The first-order valence-corrected chi connectivity index (χ1v) is 12.1. The SMILES string of the molecule is CCCCCOc1ccc(C2c3c(oc4ccccc4c3=O)C(=O)N2c2cccc(C(F)(F)F)c2)cc1. The van der Waals surface area contributed by atoms with Gasteiger partial charge in [0.2, 0.25) is 5.76 Å². The molecule has 1 aliphatic heterocycles. The summed E-state index contributed by atoms with van der Waals surface area (Å²) in [6, 6.07) is 17.0. The van der Waals surface area contributed by atoms with E-state index in [1.807, 2.05) is 0 Å². The largest absolute Gasteiger partial charge is 0.494 e. The number of fused-ring (bicyclic) bond motifs is 2. The van der Waals surface area contributed by atoms with Crippen LogP contribution >= 0.6 is 0 Å². The van der Waals surface area contributed by atoms with Crippen molar-refractivity contribution in [1.82, 2.24) is 0 Å². The minimum Gasteiger partial charge on any atom is -0.494 e. The molecule has 1 aliphatic rings. The van der Waals surface area contributed by atoms with Crippen molar-refractivity contribution in [2.24, 2.45) is 0 Å². The van der Waals surface area contributed by atoms with Crippen LogP contribution in [-0.2, 0) is 6.18 Å². The molecule has 1 unspecified atom stereocenters. The lowest BCUT2D eigenvalue weighted by molar-refractivity contribution is -0.137. The summed E-state index contributed by atoms with van der Waals surface area (Å²) in [4.78, 5) is 28.4. The Morgan fingerprint density at radius 1 is 0.946 bits per heavy atom. The van der Waals surface area contributed by atoms with Crippen molar-refractivity contribution in [1.29, 1.82) is 0 Å². The van der Waals surface area contributed by atoms with Crippen molar-refractivity contribution < 1.29 is 27.1 Å². The Morgan fingerprint density at radius 2 is 1.70 bits per heavy atom. The maximum atomic E-state index is 13.6. The van der Waals surface area contributed by atoms with Gasteiger partial charge in [0.1, 0.15) is 11.3 Å². The predicted molar refractivity (Wildman–Crippen MR) is 134 cm³/mol. The summed E-state index contributed by atoms with van der Waals surface area (Å²) >= 11 is 0. The number of para-hydroxylation sites is 1. The number of carbonyl (C=O) groups excluding carboxylic acids is 1. The van der Waals surface area contributed by atoms with Crippen molar-refractivity contribution in [3.8, 4) is 5.75 Å². The van der Waals surface area contributed by atoms with Gasteiger partial charge in [-0.1, -0.05) is 50.1 Å². The number of nitrogens with zero attached hydrogens (tertiary/aromatic N) is 1. The van der Waals surface area contributed by atoms with Gasteiger partial charge < -0.3 is 9.15 Å².